The van der Waals surface area contributed by atoms with Crippen LogP contribution in [0.1, 0.15) is 31.2 Å². The number of nitrogens with one attached hydrogen (secondary N) is 1. The highest BCUT2D eigenvalue weighted by Gasteiger charge is 2.53. The molecule has 2 saturated carbocycles. The van der Waals surface area contributed by atoms with Gasteiger partial charge in [0.25, 0.3) is 0 Å². The fourth-order valence-corrected chi connectivity index (χ4v) is 6.13. The maximum Gasteiger partial charge on any atom is 0.0141 e. The van der Waals surface area contributed by atoms with Crippen LogP contribution in [0.3, 0.4) is 0 Å². The summed E-state index contributed by atoms with van der Waals surface area (Å²) < 4.78 is 0. The van der Waals surface area contributed by atoms with Gasteiger partial charge in [0.2, 0.25) is 0 Å². The van der Waals surface area contributed by atoms with Gasteiger partial charge in [0, 0.05) is 16.7 Å². The van der Waals surface area contributed by atoms with E-state index in [1.165, 1.54) is 43.5 Å². The molecule has 3 unspecified atom stereocenters. The second-order valence-electron chi connectivity index (χ2n) is 6.95. The molecule has 2 fully saturated rings. The van der Waals surface area contributed by atoms with Crippen LogP contribution in [-0.4, -0.2) is 18.8 Å². The molecule has 2 aliphatic carbocycles. The second-order valence-corrected chi connectivity index (χ2v) is 8.29. The van der Waals surface area contributed by atoms with Crippen LogP contribution in [0, 0.1) is 17.3 Å². The van der Waals surface area contributed by atoms with Gasteiger partial charge >= 0.3 is 0 Å². The Morgan fingerprint density at radius 1 is 1.26 bits per heavy atom. The van der Waals surface area contributed by atoms with E-state index in [1.807, 2.05) is 0 Å². The van der Waals surface area contributed by atoms with Crippen molar-refractivity contribution in [1.82, 2.24) is 5.32 Å². The molecular formula is C17H23NS. The molecule has 1 heterocycles. The van der Waals surface area contributed by atoms with Gasteiger partial charge < -0.3 is 5.32 Å². The van der Waals surface area contributed by atoms with Crippen molar-refractivity contribution in [3.8, 4) is 0 Å². The van der Waals surface area contributed by atoms with Crippen LogP contribution in [0.2, 0.25) is 0 Å². The van der Waals surface area contributed by atoms with E-state index in [2.05, 4.69) is 48.4 Å². The third-order valence-corrected chi connectivity index (χ3v) is 6.70. The normalized spacial score (nSPS) is 39.1. The van der Waals surface area contributed by atoms with Gasteiger partial charge in [-0.3, -0.25) is 0 Å². The van der Waals surface area contributed by atoms with Crippen LogP contribution in [0.4, 0.5) is 0 Å². The van der Waals surface area contributed by atoms with Crippen molar-refractivity contribution in [2.45, 2.75) is 42.2 Å². The SMILES string of the molecule is CNCC1(CC2Cc3ccccc3S2)CC2CC2C1. The Kier molecular flexibility index (Phi) is 2.93. The van der Waals surface area contributed by atoms with Crippen LogP contribution in [-0.2, 0) is 6.42 Å². The van der Waals surface area contributed by atoms with Gasteiger partial charge in [-0.1, -0.05) is 18.2 Å². The number of benzene rings is 1. The van der Waals surface area contributed by atoms with Crippen LogP contribution < -0.4 is 5.32 Å². The Bertz CT molecular complexity index is 449. The van der Waals surface area contributed by atoms with Crippen molar-refractivity contribution in [1.29, 1.82) is 0 Å². The average Bonchev–Trinajstić information content (AvgIpc) is 2.85. The molecule has 1 aliphatic heterocycles. The summed E-state index contributed by atoms with van der Waals surface area (Å²) in [5.41, 5.74) is 2.20. The highest BCUT2D eigenvalue weighted by molar-refractivity contribution is 8.00. The smallest absolute Gasteiger partial charge is 0.0141 e. The number of hydrogen-bond acceptors (Lipinski definition) is 2. The number of thioether (sulfide) groups is 1. The Morgan fingerprint density at radius 3 is 2.79 bits per heavy atom. The third-order valence-electron chi connectivity index (χ3n) is 5.39. The minimum atomic E-state index is 0.613. The molecule has 102 valence electrons. The van der Waals surface area contributed by atoms with E-state index in [0.29, 0.717) is 5.41 Å². The average molecular weight is 273 g/mol. The maximum absolute atomic E-state index is 3.48. The standard InChI is InChI=1S/C17H23NS/c1-18-11-17(8-13-6-14(13)9-17)10-15-7-12-4-2-3-5-16(12)19-15/h2-5,13-15,18H,6-11H2,1H3. The predicted octanol–water partition coefficient (Wildman–Crippen LogP) is 3.73. The molecule has 1 aromatic carbocycles. The van der Waals surface area contributed by atoms with E-state index < -0.39 is 0 Å². The fourth-order valence-electron chi connectivity index (χ4n) is 4.61. The number of fused-ring (bicyclic) bond motifs is 2. The van der Waals surface area contributed by atoms with E-state index in [4.69, 9.17) is 0 Å². The summed E-state index contributed by atoms with van der Waals surface area (Å²) in [6.07, 6.45) is 7.23. The summed E-state index contributed by atoms with van der Waals surface area (Å²) in [7, 11) is 2.13. The molecule has 19 heavy (non-hydrogen) atoms. The molecule has 3 aliphatic rings. The van der Waals surface area contributed by atoms with Gasteiger partial charge in [-0.05, 0) is 68.0 Å². The Morgan fingerprint density at radius 2 is 2.05 bits per heavy atom. The largest absolute Gasteiger partial charge is 0.319 e. The first kappa shape index (κ1) is 12.3. The minimum Gasteiger partial charge on any atom is -0.319 e. The molecule has 1 nitrogen and oxygen atoms in total. The molecule has 0 amide bonds. The molecule has 0 aromatic heterocycles. The highest BCUT2D eigenvalue weighted by Crippen LogP contribution is 2.62. The first-order valence-corrected chi connectivity index (χ1v) is 8.55. The van der Waals surface area contributed by atoms with E-state index in [-0.39, 0.29) is 0 Å². The topological polar surface area (TPSA) is 12.0 Å². The fraction of sp³-hybridized carbons (Fsp3) is 0.647. The summed E-state index contributed by atoms with van der Waals surface area (Å²) in [5.74, 6) is 2.17. The molecule has 0 bridgehead atoms. The number of hydrogen-bond donors (Lipinski definition) is 1. The molecule has 0 saturated heterocycles. The van der Waals surface area contributed by atoms with Crippen LogP contribution >= 0.6 is 11.8 Å². The summed E-state index contributed by atoms with van der Waals surface area (Å²) in [6, 6.07) is 8.99. The maximum atomic E-state index is 3.48. The summed E-state index contributed by atoms with van der Waals surface area (Å²) in [6.45, 7) is 1.23. The molecule has 1 aromatic rings. The van der Waals surface area contributed by atoms with Gasteiger partial charge in [-0.2, -0.15) is 0 Å². The second kappa shape index (κ2) is 4.53. The van der Waals surface area contributed by atoms with Gasteiger partial charge in [-0.25, -0.2) is 0 Å². The van der Waals surface area contributed by atoms with Crippen molar-refractivity contribution < 1.29 is 0 Å². The Balaban J connectivity index is 1.46. The minimum absolute atomic E-state index is 0.613. The van der Waals surface area contributed by atoms with Crippen molar-refractivity contribution in [3.05, 3.63) is 29.8 Å². The summed E-state index contributed by atoms with van der Waals surface area (Å²) in [5, 5.41) is 4.30. The lowest BCUT2D eigenvalue weighted by Gasteiger charge is -2.33. The molecule has 2 heteroatoms. The van der Waals surface area contributed by atoms with Gasteiger partial charge in [0.15, 0.2) is 0 Å². The van der Waals surface area contributed by atoms with E-state index in [0.717, 1.165) is 17.1 Å². The van der Waals surface area contributed by atoms with Crippen molar-refractivity contribution >= 4 is 11.8 Å². The predicted molar refractivity (Wildman–Crippen MR) is 81.6 cm³/mol. The van der Waals surface area contributed by atoms with E-state index >= 15 is 0 Å². The monoisotopic (exact) mass is 273 g/mol. The third kappa shape index (κ3) is 2.23. The lowest BCUT2D eigenvalue weighted by atomic mass is 9.78. The summed E-state index contributed by atoms with van der Waals surface area (Å²) in [4.78, 5) is 1.54. The molecule has 0 radical (unpaired) electrons. The van der Waals surface area contributed by atoms with E-state index in [9.17, 15) is 0 Å². The van der Waals surface area contributed by atoms with Crippen molar-refractivity contribution in [2.75, 3.05) is 13.6 Å². The number of rotatable bonds is 4. The van der Waals surface area contributed by atoms with Gasteiger partial charge in [-0.15, -0.1) is 11.8 Å². The molecule has 4 rings (SSSR count). The molecule has 0 spiro atoms. The van der Waals surface area contributed by atoms with Gasteiger partial charge in [0.1, 0.15) is 0 Å². The van der Waals surface area contributed by atoms with E-state index in [1.54, 1.807) is 5.56 Å². The van der Waals surface area contributed by atoms with Crippen LogP contribution in [0.5, 0.6) is 0 Å². The summed E-state index contributed by atoms with van der Waals surface area (Å²) >= 11 is 2.14. The van der Waals surface area contributed by atoms with Crippen LogP contribution in [0.15, 0.2) is 29.2 Å². The zero-order valence-corrected chi connectivity index (χ0v) is 12.5. The quantitative estimate of drug-likeness (QED) is 0.897. The zero-order valence-electron chi connectivity index (χ0n) is 11.7. The lowest BCUT2D eigenvalue weighted by molar-refractivity contribution is 0.234. The first-order chi connectivity index (χ1) is 9.28. The zero-order chi connectivity index (χ0) is 12.9. The van der Waals surface area contributed by atoms with Gasteiger partial charge in [0.05, 0.1) is 0 Å². The Hall–Kier alpha value is -0.470. The van der Waals surface area contributed by atoms with Crippen LogP contribution in [0.25, 0.3) is 0 Å². The highest BCUT2D eigenvalue weighted by atomic mass is 32.2. The molecular weight excluding hydrogens is 250 g/mol. The first-order valence-electron chi connectivity index (χ1n) is 7.67. The van der Waals surface area contributed by atoms with Crippen molar-refractivity contribution in [2.24, 2.45) is 17.3 Å². The van der Waals surface area contributed by atoms with Crippen molar-refractivity contribution in [3.63, 3.8) is 0 Å². The molecule has 3 atom stereocenters. The lowest BCUT2D eigenvalue weighted by Crippen LogP contribution is -2.34. The molecule has 1 N–H and O–H groups in total. The Labute approximate surface area is 120 Å².